The van der Waals surface area contributed by atoms with Crippen molar-refractivity contribution in [3.05, 3.63) is 29.8 Å². The van der Waals surface area contributed by atoms with E-state index in [1.54, 1.807) is 31.2 Å². The van der Waals surface area contributed by atoms with Crippen molar-refractivity contribution in [3.63, 3.8) is 0 Å². The van der Waals surface area contributed by atoms with Crippen LogP contribution in [0.2, 0.25) is 0 Å². The predicted molar refractivity (Wildman–Crippen MR) is 77.2 cm³/mol. The fourth-order valence-corrected chi connectivity index (χ4v) is 2.14. The lowest BCUT2D eigenvalue weighted by Crippen LogP contribution is -2.28. The van der Waals surface area contributed by atoms with Gasteiger partial charge in [-0.3, -0.25) is 4.79 Å². The van der Waals surface area contributed by atoms with Gasteiger partial charge in [-0.15, -0.1) is 0 Å². The third kappa shape index (κ3) is 4.07. The van der Waals surface area contributed by atoms with E-state index in [2.05, 4.69) is 5.32 Å². The molecule has 0 heterocycles. The Kier molecular flexibility index (Phi) is 5.14. The maximum atomic E-state index is 11.9. The Hall–Kier alpha value is -1.86. The quantitative estimate of drug-likeness (QED) is 0.865. The van der Waals surface area contributed by atoms with Crippen molar-refractivity contribution in [3.8, 4) is 6.07 Å². The minimum absolute atomic E-state index is 0.150. The number of anilines is 1. The van der Waals surface area contributed by atoms with Gasteiger partial charge in [-0.05, 0) is 43.5 Å². The molecule has 4 heteroatoms. The predicted octanol–water partition coefficient (Wildman–Crippen LogP) is 3.09. The van der Waals surface area contributed by atoms with Gasteiger partial charge in [0.25, 0.3) is 5.91 Å². The number of carbonyl (C=O) groups excluding carboxylic acids is 1. The maximum Gasteiger partial charge on any atom is 0.253 e. The highest BCUT2D eigenvalue weighted by molar-refractivity contribution is 5.93. The molecule has 1 saturated carbocycles. The van der Waals surface area contributed by atoms with Crippen LogP contribution in [0.5, 0.6) is 0 Å². The molecular formula is C16H20N2O2. The van der Waals surface area contributed by atoms with E-state index < -0.39 is 6.10 Å². The maximum absolute atomic E-state index is 11.9. The Morgan fingerprint density at radius 1 is 1.45 bits per heavy atom. The van der Waals surface area contributed by atoms with Crippen LogP contribution in [0.1, 0.15) is 38.2 Å². The van der Waals surface area contributed by atoms with Crippen LogP contribution in [0.15, 0.2) is 24.3 Å². The second-order valence-electron chi connectivity index (χ2n) is 5.28. The third-order valence-electron chi connectivity index (χ3n) is 3.77. The first-order valence-electron chi connectivity index (χ1n) is 7.11. The molecule has 1 fully saturated rings. The summed E-state index contributed by atoms with van der Waals surface area (Å²) in [7, 11) is 0. The molecule has 2 rings (SSSR count). The van der Waals surface area contributed by atoms with E-state index in [1.807, 2.05) is 6.07 Å². The molecule has 0 radical (unpaired) electrons. The molecule has 20 heavy (non-hydrogen) atoms. The summed E-state index contributed by atoms with van der Waals surface area (Å²) >= 11 is 0. The molecule has 0 aliphatic heterocycles. The Morgan fingerprint density at radius 2 is 2.15 bits per heavy atom. The minimum atomic E-state index is -0.453. The van der Waals surface area contributed by atoms with Gasteiger partial charge in [0.05, 0.1) is 11.6 Å². The van der Waals surface area contributed by atoms with Gasteiger partial charge < -0.3 is 10.1 Å². The SMILES string of the molecule is CC(OCCC1CCC1)C(=O)Nc1ccc(C#N)cc1. The van der Waals surface area contributed by atoms with Crippen molar-refractivity contribution in [2.75, 3.05) is 11.9 Å². The summed E-state index contributed by atoms with van der Waals surface area (Å²) in [6, 6.07) is 8.84. The van der Waals surface area contributed by atoms with Crippen LogP contribution < -0.4 is 5.32 Å². The van der Waals surface area contributed by atoms with Gasteiger partial charge in [-0.1, -0.05) is 19.3 Å². The summed E-state index contributed by atoms with van der Waals surface area (Å²) in [6.45, 7) is 2.41. The van der Waals surface area contributed by atoms with Crippen molar-refractivity contribution >= 4 is 11.6 Å². The van der Waals surface area contributed by atoms with Crippen LogP contribution in [0.25, 0.3) is 0 Å². The minimum Gasteiger partial charge on any atom is -0.369 e. The van der Waals surface area contributed by atoms with E-state index in [4.69, 9.17) is 10.00 Å². The van der Waals surface area contributed by atoms with E-state index in [-0.39, 0.29) is 5.91 Å². The smallest absolute Gasteiger partial charge is 0.253 e. The zero-order valence-electron chi connectivity index (χ0n) is 11.8. The molecule has 1 atom stereocenters. The Bertz CT molecular complexity index is 486. The van der Waals surface area contributed by atoms with Crippen molar-refractivity contribution in [2.45, 2.75) is 38.7 Å². The summed E-state index contributed by atoms with van der Waals surface area (Å²) in [4.78, 5) is 11.9. The number of carbonyl (C=O) groups is 1. The van der Waals surface area contributed by atoms with Gasteiger partial charge in [0.1, 0.15) is 6.10 Å². The number of nitrogens with one attached hydrogen (secondary N) is 1. The highest BCUT2D eigenvalue weighted by Gasteiger charge is 2.19. The number of nitriles is 1. The summed E-state index contributed by atoms with van der Waals surface area (Å²) in [5, 5.41) is 11.5. The molecule has 0 saturated heterocycles. The van der Waals surface area contributed by atoms with E-state index in [0.717, 1.165) is 12.3 Å². The summed E-state index contributed by atoms with van der Waals surface area (Å²) in [5.74, 6) is 0.645. The molecule has 1 aliphatic carbocycles. The topological polar surface area (TPSA) is 62.1 Å². The number of ether oxygens (including phenoxy) is 1. The molecule has 1 N–H and O–H groups in total. The van der Waals surface area contributed by atoms with Crippen LogP contribution >= 0.6 is 0 Å². The fraction of sp³-hybridized carbons (Fsp3) is 0.500. The van der Waals surface area contributed by atoms with Crippen LogP contribution in [0.4, 0.5) is 5.69 Å². The summed E-state index contributed by atoms with van der Waals surface area (Å²) in [5.41, 5.74) is 1.26. The lowest BCUT2D eigenvalue weighted by atomic mass is 9.83. The van der Waals surface area contributed by atoms with Crippen LogP contribution in [0, 0.1) is 17.2 Å². The molecular weight excluding hydrogens is 252 g/mol. The summed E-state index contributed by atoms with van der Waals surface area (Å²) < 4.78 is 5.56. The van der Waals surface area contributed by atoms with Crippen molar-refractivity contribution in [1.29, 1.82) is 5.26 Å². The number of rotatable bonds is 6. The fourth-order valence-electron chi connectivity index (χ4n) is 2.14. The van der Waals surface area contributed by atoms with Gasteiger partial charge in [0, 0.05) is 12.3 Å². The van der Waals surface area contributed by atoms with Gasteiger partial charge in [0.2, 0.25) is 0 Å². The number of nitrogens with zero attached hydrogens (tertiary/aromatic N) is 1. The second kappa shape index (κ2) is 7.06. The van der Waals surface area contributed by atoms with Crippen LogP contribution in [0.3, 0.4) is 0 Å². The Balaban J connectivity index is 1.73. The Labute approximate surface area is 119 Å². The van der Waals surface area contributed by atoms with Crippen LogP contribution in [-0.4, -0.2) is 18.6 Å². The number of amides is 1. The largest absolute Gasteiger partial charge is 0.369 e. The van der Waals surface area contributed by atoms with Crippen LogP contribution in [-0.2, 0) is 9.53 Å². The Morgan fingerprint density at radius 3 is 2.70 bits per heavy atom. The van der Waals surface area contributed by atoms with Crippen molar-refractivity contribution < 1.29 is 9.53 Å². The zero-order chi connectivity index (χ0) is 14.4. The molecule has 1 unspecified atom stereocenters. The first-order valence-corrected chi connectivity index (χ1v) is 7.11. The molecule has 1 amide bonds. The molecule has 0 aromatic heterocycles. The van der Waals surface area contributed by atoms with Gasteiger partial charge in [-0.25, -0.2) is 0 Å². The van der Waals surface area contributed by atoms with Gasteiger partial charge in [0.15, 0.2) is 0 Å². The lowest BCUT2D eigenvalue weighted by molar-refractivity contribution is -0.126. The highest BCUT2D eigenvalue weighted by Crippen LogP contribution is 2.29. The molecule has 106 valence electrons. The van der Waals surface area contributed by atoms with E-state index in [0.29, 0.717) is 17.9 Å². The number of hydrogen-bond acceptors (Lipinski definition) is 3. The van der Waals surface area contributed by atoms with E-state index in [9.17, 15) is 4.79 Å². The third-order valence-corrected chi connectivity index (χ3v) is 3.77. The molecule has 1 aliphatic rings. The van der Waals surface area contributed by atoms with E-state index in [1.165, 1.54) is 19.3 Å². The normalized spacial score (nSPS) is 16.0. The highest BCUT2D eigenvalue weighted by atomic mass is 16.5. The molecule has 1 aromatic rings. The molecule has 0 spiro atoms. The number of hydrogen-bond donors (Lipinski definition) is 1. The monoisotopic (exact) mass is 272 g/mol. The number of benzene rings is 1. The zero-order valence-corrected chi connectivity index (χ0v) is 11.8. The van der Waals surface area contributed by atoms with Crippen molar-refractivity contribution in [1.82, 2.24) is 0 Å². The average molecular weight is 272 g/mol. The van der Waals surface area contributed by atoms with Crippen molar-refractivity contribution in [2.24, 2.45) is 5.92 Å². The first kappa shape index (κ1) is 14.5. The lowest BCUT2D eigenvalue weighted by Gasteiger charge is -2.25. The summed E-state index contributed by atoms with van der Waals surface area (Å²) in [6.07, 6.45) is 4.53. The first-order chi connectivity index (χ1) is 9.69. The standard InChI is InChI=1S/C16H20N2O2/c1-12(20-10-9-13-3-2-4-13)16(19)18-15-7-5-14(11-17)6-8-15/h5-8,12-13H,2-4,9-10H2,1H3,(H,18,19). The molecule has 0 bridgehead atoms. The molecule has 4 nitrogen and oxygen atoms in total. The van der Waals surface area contributed by atoms with Gasteiger partial charge >= 0.3 is 0 Å². The average Bonchev–Trinajstić information content (AvgIpc) is 2.42. The molecule has 1 aromatic carbocycles. The second-order valence-corrected chi connectivity index (χ2v) is 5.28. The van der Waals surface area contributed by atoms with E-state index >= 15 is 0 Å². The van der Waals surface area contributed by atoms with Gasteiger partial charge in [-0.2, -0.15) is 5.26 Å².